The third-order valence-electron chi connectivity index (χ3n) is 2.96. The van der Waals surface area contributed by atoms with E-state index < -0.39 is 0 Å². The Morgan fingerprint density at radius 3 is 1.45 bits per heavy atom. The highest BCUT2D eigenvalue weighted by atomic mass is 16.5. The number of hydrogen-bond acceptors (Lipinski definition) is 6. The molecule has 0 unspecified atom stereocenters. The van der Waals surface area contributed by atoms with Crippen molar-refractivity contribution in [3.8, 4) is 11.5 Å². The largest absolute Gasteiger partial charge is 0.496 e. The molecule has 0 spiro atoms. The van der Waals surface area contributed by atoms with Gasteiger partial charge in [-0.05, 0) is 26.0 Å². The normalized spacial score (nSPS) is 10.0. The molecule has 0 atom stereocenters. The smallest absolute Gasteiger partial charge is 0.310 e. The highest BCUT2D eigenvalue weighted by molar-refractivity contribution is 5.76. The van der Waals surface area contributed by atoms with Crippen LogP contribution < -0.4 is 9.47 Å². The van der Waals surface area contributed by atoms with Crippen LogP contribution in [0.1, 0.15) is 25.0 Å². The summed E-state index contributed by atoms with van der Waals surface area (Å²) in [6, 6.07) is 3.37. The van der Waals surface area contributed by atoms with Crippen molar-refractivity contribution in [1.29, 1.82) is 0 Å². The molecule has 1 aromatic carbocycles. The Labute approximate surface area is 130 Å². The summed E-state index contributed by atoms with van der Waals surface area (Å²) in [7, 11) is 3.01. The standard InChI is InChI=1S/C16H22O6/c1-5-21-15(17)9-11-7-14(20-4)12(8-13(11)19-3)10-16(18)22-6-2/h7-8H,5-6,9-10H2,1-4H3. The molecule has 0 aliphatic carbocycles. The van der Waals surface area contributed by atoms with Gasteiger partial charge in [-0.2, -0.15) is 0 Å². The van der Waals surface area contributed by atoms with Crippen molar-refractivity contribution in [1.82, 2.24) is 0 Å². The number of carbonyl (C=O) groups excluding carboxylic acids is 2. The maximum absolute atomic E-state index is 11.6. The molecule has 0 aromatic heterocycles. The van der Waals surface area contributed by atoms with E-state index in [1.54, 1.807) is 26.0 Å². The highest BCUT2D eigenvalue weighted by Crippen LogP contribution is 2.30. The minimum absolute atomic E-state index is 0.0764. The average molecular weight is 310 g/mol. The van der Waals surface area contributed by atoms with Crippen LogP contribution in [-0.4, -0.2) is 39.4 Å². The van der Waals surface area contributed by atoms with Gasteiger partial charge in [-0.3, -0.25) is 9.59 Å². The van der Waals surface area contributed by atoms with Gasteiger partial charge in [0.15, 0.2) is 0 Å². The Morgan fingerprint density at radius 1 is 0.818 bits per heavy atom. The third kappa shape index (κ3) is 4.95. The molecule has 6 nitrogen and oxygen atoms in total. The van der Waals surface area contributed by atoms with Crippen molar-refractivity contribution in [2.24, 2.45) is 0 Å². The molecular weight excluding hydrogens is 288 g/mol. The summed E-state index contributed by atoms with van der Waals surface area (Å²) in [4.78, 5) is 23.3. The first-order chi connectivity index (χ1) is 10.5. The van der Waals surface area contributed by atoms with Gasteiger partial charge in [0.25, 0.3) is 0 Å². The SMILES string of the molecule is CCOC(=O)Cc1cc(OC)c(CC(=O)OCC)cc1OC. The van der Waals surface area contributed by atoms with Gasteiger partial charge in [0.2, 0.25) is 0 Å². The number of carbonyl (C=O) groups is 2. The summed E-state index contributed by atoms with van der Waals surface area (Å²) in [5, 5.41) is 0. The third-order valence-corrected chi connectivity index (χ3v) is 2.96. The van der Waals surface area contributed by atoms with E-state index in [-0.39, 0.29) is 24.8 Å². The molecule has 0 N–H and O–H groups in total. The maximum atomic E-state index is 11.6. The molecule has 122 valence electrons. The predicted octanol–water partition coefficient (Wildman–Crippen LogP) is 1.91. The minimum Gasteiger partial charge on any atom is -0.496 e. The monoisotopic (exact) mass is 310 g/mol. The fourth-order valence-electron chi connectivity index (χ4n) is 2.04. The summed E-state index contributed by atoms with van der Waals surface area (Å²) >= 11 is 0. The van der Waals surface area contributed by atoms with Gasteiger partial charge in [-0.1, -0.05) is 0 Å². The van der Waals surface area contributed by atoms with Gasteiger partial charge in [-0.15, -0.1) is 0 Å². The van der Waals surface area contributed by atoms with Crippen LogP contribution in [0.3, 0.4) is 0 Å². The lowest BCUT2D eigenvalue weighted by atomic mass is 10.0. The molecule has 0 fully saturated rings. The number of hydrogen-bond donors (Lipinski definition) is 0. The summed E-state index contributed by atoms with van der Waals surface area (Å²) < 4.78 is 20.5. The molecule has 0 saturated heterocycles. The average Bonchev–Trinajstić information content (AvgIpc) is 2.48. The van der Waals surface area contributed by atoms with E-state index in [4.69, 9.17) is 18.9 Å². The first kappa shape index (κ1) is 17.8. The fourth-order valence-corrected chi connectivity index (χ4v) is 2.04. The second-order valence-electron chi connectivity index (χ2n) is 4.44. The number of methoxy groups -OCH3 is 2. The predicted molar refractivity (Wildman–Crippen MR) is 80.2 cm³/mol. The van der Waals surface area contributed by atoms with Gasteiger partial charge in [-0.25, -0.2) is 0 Å². The molecule has 0 aliphatic rings. The van der Waals surface area contributed by atoms with Crippen LogP contribution in [-0.2, 0) is 31.9 Å². The summed E-state index contributed by atoms with van der Waals surface area (Å²) in [6.45, 7) is 4.13. The van der Waals surface area contributed by atoms with Crippen LogP contribution >= 0.6 is 0 Å². The van der Waals surface area contributed by atoms with Crippen molar-refractivity contribution in [2.45, 2.75) is 26.7 Å². The number of rotatable bonds is 8. The fraction of sp³-hybridized carbons (Fsp3) is 0.500. The highest BCUT2D eigenvalue weighted by Gasteiger charge is 2.17. The van der Waals surface area contributed by atoms with Crippen LogP contribution in [0.25, 0.3) is 0 Å². The molecule has 1 aromatic rings. The van der Waals surface area contributed by atoms with Crippen molar-refractivity contribution < 1.29 is 28.5 Å². The Morgan fingerprint density at radius 2 is 1.18 bits per heavy atom. The number of benzene rings is 1. The molecule has 6 heteroatoms. The molecule has 0 heterocycles. The Bertz CT molecular complexity index is 476. The molecule has 0 saturated carbocycles. The molecule has 0 bridgehead atoms. The lowest BCUT2D eigenvalue weighted by Crippen LogP contribution is -2.11. The van der Waals surface area contributed by atoms with Crippen molar-refractivity contribution in [3.05, 3.63) is 23.3 Å². The zero-order chi connectivity index (χ0) is 16.5. The van der Waals surface area contributed by atoms with E-state index in [2.05, 4.69) is 0 Å². The van der Waals surface area contributed by atoms with Crippen LogP contribution in [0, 0.1) is 0 Å². The van der Waals surface area contributed by atoms with Crippen molar-refractivity contribution in [3.63, 3.8) is 0 Å². The lowest BCUT2D eigenvalue weighted by molar-refractivity contribution is -0.143. The van der Waals surface area contributed by atoms with Gasteiger partial charge in [0, 0.05) is 11.1 Å². The minimum atomic E-state index is -0.346. The second-order valence-corrected chi connectivity index (χ2v) is 4.44. The van der Waals surface area contributed by atoms with Crippen LogP contribution in [0.5, 0.6) is 11.5 Å². The van der Waals surface area contributed by atoms with E-state index in [0.29, 0.717) is 35.8 Å². The van der Waals surface area contributed by atoms with E-state index >= 15 is 0 Å². The molecular formula is C16H22O6. The summed E-state index contributed by atoms with van der Waals surface area (Å²) in [5.74, 6) is 0.322. The van der Waals surface area contributed by atoms with Crippen LogP contribution in [0.2, 0.25) is 0 Å². The molecule has 22 heavy (non-hydrogen) atoms. The topological polar surface area (TPSA) is 71.1 Å². The Hall–Kier alpha value is -2.24. The van der Waals surface area contributed by atoms with E-state index in [1.165, 1.54) is 14.2 Å². The summed E-state index contributed by atoms with van der Waals surface area (Å²) in [6.07, 6.45) is 0.153. The molecule has 0 amide bonds. The zero-order valence-corrected chi connectivity index (χ0v) is 13.4. The number of esters is 2. The van der Waals surface area contributed by atoms with E-state index in [1.807, 2.05) is 0 Å². The molecule has 0 aliphatic heterocycles. The van der Waals surface area contributed by atoms with Crippen LogP contribution in [0.15, 0.2) is 12.1 Å². The van der Waals surface area contributed by atoms with E-state index in [0.717, 1.165) is 0 Å². The summed E-state index contributed by atoms with van der Waals surface area (Å²) in [5.41, 5.74) is 1.29. The Kier molecular flexibility index (Phi) is 7.22. The maximum Gasteiger partial charge on any atom is 0.310 e. The van der Waals surface area contributed by atoms with Gasteiger partial charge >= 0.3 is 11.9 Å². The van der Waals surface area contributed by atoms with Crippen molar-refractivity contribution in [2.75, 3.05) is 27.4 Å². The lowest BCUT2D eigenvalue weighted by Gasteiger charge is -2.14. The zero-order valence-electron chi connectivity index (χ0n) is 13.4. The van der Waals surface area contributed by atoms with Gasteiger partial charge in [0.1, 0.15) is 11.5 Å². The second kappa shape index (κ2) is 8.92. The van der Waals surface area contributed by atoms with Gasteiger partial charge in [0.05, 0.1) is 40.3 Å². The molecule has 0 radical (unpaired) electrons. The quantitative estimate of drug-likeness (QED) is 0.683. The first-order valence-corrected chi connectivity index (χ1v) is 7.10. The van der Waals surface area contributed by atoms with Gasteiger partial charge < -0.3 is 18.9 Å². The Balaban J connectivity index is 3.06. The number of ether oxygens (including phenoxy) is 4. The van der Waals surface area contributed by atoms with E-state index in [9.17, 15) is 9.59 Å². The molecule has 1 rings (SSSR count). The first-order valence-electron chi connectivity index (χ1n) is 7.10. The van der Waals surface area contributed by atoms with Crippen molar-refractivity contribution >= 4 is 11.9 Å². The van der Waals surface area contributed by atoms with Crippen LogP contribution in [0.4, 0.5) is 0 Å².